The first-order chi connectivity index (χ1) is 12.8. The second-order valence-electron chi connectivity index (χ2n) is 6.22. The lowest BCUT2D eigenvalue weighted by atomic mass is 10.2. The van der Waals surface area contributed by atoms with E-state index in [-0.39, 0.29) is 12.0 Å². The van der Waals surface area contributed by atoms with Crippen LogP contribution < -0.4 is 0 Å². The Kier molecular flexibility index (Phi) is 4.70. The molecule has 0 saturated carbocycles. The maximum absolute atomic E-state index is 12.9. The first-order valence-electron chi connectivity index (χ1n) is 8.49. The number of hydrogen-bond acceptors (Lipinski definition) is 5. The summed E-state index contributed by atoms with van der Waals surface area (Å²) in [6, 6.07) is 7.89. The van der Waals surface area contributed by atoms with Crippen LogP contribution in [-0.2, 0) is 24.4 Å². The number of carbonyl (C=O) groups is 1. The van der Waals surface area contributed by atoms with Gasteiger partial charge in [0.15, 0.2) is 0 Å². The van der Waals surface area contributed by atoms with Crippen LogP contribution in [0.4, 0.5) is 0 Å². The lowest BCUT2D eigenvalue weighted by Crippen LogP contribution is -2.37. The van der Waals surface area contributed by atoms with Crippen LogP contribution in [0.25, 0.3) is 0 Å². The van der Waals surface area contributed by atoms with Gasteiger partial charge in [-0.1, -0.05) is 6.07 Å². The molecule has 7 nitrogen and oxygen atoms in total. The van der Waals surface area contributed by atoms with Crippen LogP contribution in [-0.4, -0.2) is 43.0 Å². The van der Waals surface area contributed by atoms with Crippen LogP contribution in [0.1, 0.15) is 21.7 Å². The first kappa shape index (κ1) is 16.4. The highest BCUT2D eigenvalue weighted by Crippen LogP contribution is 2.18. The fraction of sp³-hybridized carbons (Fsp3) is 0.263. The monoisotopic (exact) mass is 349 g/mol. The molecule has 3 aromatic rings. The average molecular weight is 349 g/mol. The Morgan fingerprint density at radius 3 is 2.85 bits per heavy atom. The van der Waals surface area contributed by atoms with Gasteiger partial charge in [-0.05, 0) is 23.8 Å². The molecule has 26 heavy (non-hydrogen) atoms. The van der Waals surface area contributed by atoms with Gasteiger partial charge in [-0.15, -0.1) is 0 Å². The van der Waals surface area contributed by atoms with Crippen LogP contribution >= 0.6 is 0 Å². The zero-order valence-corrected chi connectivity index (χ0v) is 14.2. The van der Waals surface area contributed by atoms with E-state index in [9.17, 15) is 4.79 Å². The van der Waals surface area contributed by atoms with Crippen molar-refractivity contribution in [3.8, 4) is 0 Å². The van der Waals surface area contributed by atoms with Crippen LogP contribution in [0, 0.1) is 0 Å². The van der Waals surface area contributed by atoms with Gasteiger partial charge in [0.25, 0.3) is 5.91 Å². The Bertz CT molecular complexity index is 866. The molecule has 3 aromatic heterocycles. The van der Waals surface area contributed by atoms with Gasteiger partial charge in [-0.25, -0.2) is 4.98 Å². The van der Waals surface area contributed by atoms with Crippen molar-refractivity contribution in [1.82, 2.24) is 24.4 Å². The van der Waals surface area contributed by atoms with Gasteiger partial charge in [0.1, 0.15) is 5.69 Å². The molecule has 0 unspecified atom stereocenters. The van der Waals surface area contributed by atoms with Crippen molar-refractivity contribution in [3.05, 3.63) is 78.4 Å². The fourth-order valence-electron chi connectivity index (χ4n) is 3.08. The number of hydrogen-bond donors (Lipinski definition) is 0. The van der Waals surface area contributed by atoms with E-state index in [1.165, 1.54) is 12.4 Å². The number of nitrogens with zero attached hydrogens (tertiary/aromatic N) is 5. The van der Waals surface area contributed by atoms with Gasteiger partial charge < -0.3 is 14.2 Å². The Balaban J connectivity index is 1.53. The normalized spacial score (nSPS) is 16.8. The van der Waals surface area contributed by atoms with Crippen molar-refractivity contribution in [3.63, 3.8) is 0 Å². The lowest BCUT2D eigenvalue weighted by Gasteiger charge is -2.24. The summed E-state index contributed by atoms with van der Waals surface area (Å²) in [4.78, 5) is 26.9. The van der Waals surface area contributed by atoms with Crippen LogP contribution in [0.15, 0.2) is 61.4 Å². The molecule has 0 saturated heterocycles. The lowest BCUT2D eigenvalue weighted by molar-refractivity contribution is 0.0103. The summed E-state index contributed by atoms with van der Waals surface area (Å²) in [6.07, 6.45) is 10.0. The third-order valence-corrected chi connectivity index (χ3v) is 4.38. The molecule has 0 aliphatic carbocycles. The Morgan fingerprint density at radius 1 is 1.12 bits per heavy atom. The number of fused-ring (bicyclic) bond motifs is 1. The molecule has 132 valence electrons. The van der Waals surface area contributed by atoms with Crippen LogP contribution in [0.2, 0.25) is 0 Å². The maximum atomic E-state index is 12.9. The highest BCUT2D eigenvalue weighted by atomic mass is 16.5. The minimum atomic E-state index is -0.136. The molecule has 7 heteroatoms. The topological polar surface area (TPSA) is 73.1 Å². The highest BCUT2D eigenvalue weighted by Gasteiger charge is 2.26. The van der Waals surface area contributed by atoms with Gasteiger partial charge in [-0.2, -0.15) is 0 Å². The third-order valence-electron chi connectivity index (χ3n) is 4.38. The number of aromatic nitrogens is 4. The SMILES string of the molecule is O=C(c1cnccn1)N1Cc2cccn2C[C@H](OCc2cccnc2)C1. The van der Waals surface area contributed by atoms with E-state index in [4.69, 9.17) is 4.74 Å². The predicted octanol–water partition coefficient (Wildman–Crippen LogP) is 1.91. The summed E-state index contributed by atoms with van der Waals surface area (Å²) in [5.74, 6) is -0.136. The number of carbonyl (C=O) groups excluding carboxylic acids is 1. The molecular formula is C19H19N5O2. The van der Waals surface area contributed by atoms with Crippen LogP contribution in [0.5, 0.6) is 0 Å². The van der Waals surface area contributed by atoms with Crippen molar-refractivity contribution in [1.29, 1.82) is 0 Å². The van der Waals surface area contributed by atoms with Crippen molar-refractivity contribution in [2.45, 2.75) is 25.8 Å². The minimum absolute atomic E-state index is 0.121. The van der Waals surface area contributed by atoms with Crippen molar-refractivity contribution >= 4 is 5.91 Å². The Hall–Kier alpha value is -3.06. The second kappa shape index (κ2) is 7.45. The summed E-state index contributed by atoms with van der Waals surface area (Å²) in [5, 5.41) is 0. The number of amides is 1. The molecule has 4 rings (SSSR count). The van der Waals surface area contributed by atoms with Gasteiger partial charge >= 0.3 is 0 Å². The second-order valence-corrected chi connectivity index (χ2v) is 6.22. The molecule has 0 spiro atoms. The summed E-state index contributed by atoms with van der Waals surface area (Å²) in [6.45, 7) is 2.18. The van der Waals surface area contributed by atoms with Crippen molar-refractivity contribution in [2.24, 2.45) is 0 Å². The molecule has 1 amide bonds. The minimum Gasteiger partial charge on any atom is -0.370 e. The van der Waals surface area contributed by atoms with E-state index in [2.05, 4.69) is 19.5 Å². The van der Waals surface area contributed by atoms with E-state index in [0.29, 0.717) is 31.9 Å². The molecule has 0 aromatic carbocycles. The van der Waals surface area contributed by atoms with Crippen LogP contribution in [0.3, 0.4) is 0 Å². The standard InChI is InChI=1S/C19H19N5O2/c25-19(18-10-21-6-7-22-18)24-11-16-4-2-8-23(16)12-17(13-24)26-14-15-3-1-5-20-9-15/h1-10,17H,11-14H2/t17-/m0/s1. The Labute approximate surface area is 151 Å². The zero-order chi connectivity index (χ0) is 17.8. The molecule has 0 bridgehead atoms. The predicted molar refractivity (Wildman–Crippen MR) is 94.0 cm³/mol. The number of pyridine rings is 1. The highest BCUT2D eigenvalue weighted by molar-refractivity contribution is 5.91. The summed E-state index contributed by atoms with van der Waals surface area (Å²) >= 11 is 0. The van der Waals surface area contributed by atoms with E-state index in [1.807, 2.05) is 30.5 Å². The smallest absolute Gasteiger partial charge is 0.274 e. The van der Waals surface area contributed by atoms with Gasteiger partial charge in [0, 0.05) is 43.2 Å². The van der Waals surface area contributed by atoms with Gasteiger partial charge in [0.2, 0.25) is 0 Å². The largest absolute Gasteiger partial charge is 0.370 e. The van der Waals surface area contributed by atoms with Gasteiger partial charge in [-0.3, -0.25) is 14.8 Å². The maximum Gasteiger partial charge on any atom is 0.274 e. The molecule has 1 aliphatic rings. The summed E-state index contributed by atoms with van der Waals surface area (Å²) < 4.78 is 8.24. The number of ether oxygens (including phenoxy) is 1. The summed E-state index contributed by atoms with van der Waals surface area (Å²) in [7, 11) is 0. The van der Waals surface area contributed by atoms with Crippen molar-refractivity contribution in [2.75, 3.05) is 6.54 Å². The molecule has 0 radical (unpaired) electrons. The number of rotatable bonds is 4. The quantitative estimate of drug-likeness (QED) is 0.719. The summed E-state index contributed by atoms with van der Waals surface area (Å²) in [5.41, 5.74) is 2.43. The van der Waals surface area contributed by atoms with Crippen molar-refractivity contribution < 1.29 is 9.53 Å². The van der Waals surface area contributed by atoms with E-state index < -0.39 is 0 Å². The Morgan fingerprint density at radius 2 is 2.04 bits per heavy atom. The third kappa shape index (κ3) is 3.62. The average Bonchev–Trinajstić information content (AvgIpc) is 3.05. The zero-order valence-electron chi connectivity index (χ0n) is 14.2. The fourth-order valence-corrected chi connectivity index (χ4v) is 3.08. The first-order valence-corrected chi connectivity index (χ1v) is 8.49. The molecule has 1 aliphatic heterocycles. The molecule has 0 N–H and O–H groups in total. The molecule has 0 fully saturated rings. The van der Waals surface area contributed by atoms with Gasteiger partial charge in [0.05, 0.1) is 32.0 Å². The molecule has 1 atom stereocenters. The van der Waals surface area contributed by atoms with E-state index >= 15 is 0 Å². The van der Waals surface area contributed by atoms with E-state index in [0.717, 1.165) is 11.3 Å². The van der Waals surface area contributed by atoms with E-state index in [1.54, 1.807) is 23.5 Å². The molecule has 4 heterocycles. The molecular weight excluding hydrogens is 330 g/mol.